The number of nitro benzene ring substituents is 1. The molecule has 25 heavy (non-hydrogen) atoms. The molecule has 0 aliphatic carbocycles. The van der Waals surface area contributed by atoms with Crippen LogP contribution in [0.2, 0.25) is 0 Å². The van der Waals surface area contributed by atoms with Gasteiger partial charge < -0.3 is 10.6 Å². The first-order valence-corrected chi connectivity index (χ1v) is 8.16. The minimum absolute atomic E-state index is 0. The van der Waals surface area contributed by atoms with Crippen LogP contribution in [-0.2, 0) is 6.54 Å². The van der Waals surface area contributed by atoms with E-state index in [-0.39, 0.29) is 34.6 Å². The number of hydrogen-bond donors (Lipinski definition) is 2. The van der Waals surface area contributed by atoms with Gasteiger partial charge in [0.1, 0.15) is 0 Å². The molecule has 1 aromatic rings. The lowest BCUT2D eigenvalue weighted by molar-refractivity contribution is -0.384. The number of hydrogen-bond acceptors (Lipinski definition) is 4. The Balaban J connectivity index is 0.00000312. The third-order valence-corrected chi connectivity index (χ3v) is 4.12. The lowest BCUT2D eigenvalue weighted by Gasteiger charge is -2.32. The van der Waals surface area contributed by atoms with Crippen LogP contribution in [0.3, 0.4) is 0 Å². The van der Waals surface area contributed by atoms with Gasteiger partial charge in [-0.1, -0.05) is 18.2 Å². The van der Waals surface area contributed by atoms with E-state index >= 15 is 0 Å². The molecule has 0 saturated carbocycles. The van der Waals surface area contributed by atoms with Gasteiger partial charge in [-0.05, 0) is 18.4 Å². The third-order valence-electron chi connectivity index (χ3n) is 4.12. The topological polar surface area (TPSA) is 82.8 Å². The number of rotatable bonds is 6. The molecule has 0 atom stereocenters. The fourth-order valence-corrected chi connectivity index (χ4v) is 2.80. The molecule has 1 heterocycles. The fourth-order valence-electron chi connectivity index (χ4n) is 2.80. The highest BCUT2D eigenvalue weighted by Gasteiger charge is 2.19. The predicted octanol–water partition coefficient (Wildman–Crippen LogP) is 2.53. The summed E-state index contributed by atoms with van der Waals surface area (Å²) >= 11 is 0. The number of nitrogens with zero attached hydrogens (tertiary/aromatic N) is 3. The van der Waals surface area contributed by atoms with Crippen molar-refractivity contribution in [3.05, 3.63) is 52.6 Å². The smallest absolute Gasteiger partial charge is 0.269 e. The molecule has 0 unspecified atom stereocenters. The van der Waals surface area contributed by atoms with Crippen LogP contribution < -0.4 is 10.6 Å². The first kappa shape index (κ1) is 21.4. The van der Waals surface area contributed by atoms with E-state index in [4.69, 9.17) is 0 Å². The Morgan fingerprint density at radius 2 is 2.20 bits per heavy atom. The monoisotopic (exact) mass is 459 g/mol. The maximum Gasteiger partial charge on any atom is 0.269 e. The number of nitrogens with one attached hydrogen (secondary N) is 2. The zero-order chi connectivity index (χ0) is 17.4. The summed E-state index contributed by atoms with van der Waals surface area (Å²) in [4.78, 5) is 17.1. The van der Waals surface area contributed by atoms with Gasteiger partial charge in [0.05, 0.1) is 4.92 Å². The van der Waals surface area contributed by atoms with Crippen molar-refractivity contribution in [2.24, 2.45) is 4.99 Å². The lowest BCUT2D eigenvalue weighted by atomic mass is 10.1. The van der Waals surface area contributed by atoms with Crippen molar-refractivity contribution < 1.29 is 4.92 Å². The van der Waals surface area contributed by atoms with E-state index in [0.717, 1.165) is 44.0 Å². The second kappa shape index (κ2) is 11.0. The molecule has 0 amide bonds. The van der Waals surface area contributed by atoms with Crippen molar-refractivity contribution in [1.82, 2.24) is 15.5 Å². The molecule has 0 radical (unpaired) electrons. The summed E-state index contributed by atoms with van der Waals surface area (Å²) in [6.07, 6.45) is 4.06. The van der Waals surface area contributed by atoms with E-state index in [9.17, 15) is 10.1 Å². The lowest BCUT2D eigenvalue weighted by Crippen LogP contribution is -2.48. The van der Waals surface area contributed by atoms with Crippen LogP contribution in [-0.4, -0.2) is 48.5 Å². The number of halogens is 1. The third kappa shape index (κ3) is 6.99. The number of non-ortho nitro benzene ring substituents is 1. The largest absolute Gasteiger partial charge is 0.354 e. The SMILES string of the molecule is C=CCN1CCC(NC(=NC)NCc2cccc([N+](=O)[O-])c2)CC1.I. The minimum Gasteiger partial charge on any atom is -0.354 e. The Labute approximate surface area is 165 Å². The molecule has 138 valence electrons. The number of likely N-dealkylation sites (tertiary alicyclic amines) is 1. The van der Waals surface area contributed by atoms with Gasteiger partial charge in [0.15, 0.2) is 5.96 Å². The summed E-state index contributed by atoms with van der Waals surface area (Å²) in [6.45, 7) is 7.31. The number of aliphatic imine (C=N–C) groups is 1. The highest BCUT2D eigenvalue weighted by molar-refractivity contribution is 14.0. The van der Waals surface area contributed by atoms with Gasteiger partial charge in [0.25, 0.3) is 5.69 Å². The zero-order valence-electron chi connectivity index (χ0n) is 14.5. The van der Waals surface area contributed by atoms with E-state index in [1.807, 2.05) is 12.1 Å². The van der Waals surface area contributed by atoms with E-state index in [0.29, 0.717) is 12.6 Å². The Hall–Kier alpha value is -1.68. The Morgan fingerprint density at radius 3 is 2.80 bits per heavy atom. The van der Waals surface area contributed by atoms with Crippen molar-refractivity contribution in [3.8, 4) is 0 Å². The average Bonchev–Trinajstić information content (AvgIpc) is 2.60. The van der Waals surface area contributed by atoms with Crippen LogP contribution in [0.15, 0.2) is 41.9 Å². The standard InChI is InChI=1S/C17H25N5O2.HI/c1-3-9-21-10-7-15(8-11-21)20-17(18-2)19-13-14-5-4-6-16(12-14)22(23)24;/h3-6,12,15H,1,7-11,13H2,2H3,(H2,18,19,20);1H. The van der Waals surface area contributed by atoms with Crippen molar-refractivity contribution in [1.29, 1.82) is 0 Å². The van der Waals surface area contributed by atoms with Gasteiger partial charge in [-0.3, -0.25) is 20.0 Å². The van der Waals surface area contributed by atoms with Gasteiger partial charge in [0.2, 0.25) is 0 Å². The molecule has 0 spiro atoms. The summed E-state index contributed by atoms with van der Waals surface area (Å²) in [5.74, 6) is 0.726. The molecular weight excluding hydrogens is 433 g/mol. The van der Waals surface area contributed by atoms with Gasteiger partial charge in [-0.2, -0.15) is 0 Å². The summed E-state index contributed by atoms with van der Waals surface area (Å²) in [6, 6.07) is 7.02. The van der Waals surface area contributed by atoms with Crippen LogP contribution in [0, 0.1) is 10.1 Å². The highest BCUT2D eigenvalue weighted by atomic mass is 127. The molecule has 1 aromatic carbocycles. The first-order valence-electron chi connectivity index (χ1n) is 8.16. The molecule has 2 N–H and O–H groups in total. The molecular formula is C17H26IN5O2. The quantitative estimate of drug-likeness (QED) is 0.171. The number of piperidine rings is 1. The molecule has 1 aliphatic heterocycles. The van der Waals surface area contributed by atoms with Crippen LogP contribution in [0.5, 0.6) is 0 Å². The van der Waals surface area contributed by atoms with Gasteiger partial charge in [0, 0.05) is 51.4 Å². The Morgan fingerprint density at radius 1 is 1.48 bits per heavy atom. The number of nitro groups is 1. The maximum absolute atomic E-state index is 10.8. The molecule has 1 aliphatic rings. The fraction of sp³-hybridized carbons (Fsp3) is 0.471. The highest BCUT2D eigenvalue weighted by Crippen LogP contribution is 2.13. The van der Waals surface area contributed by atoms with Gasteiger partial charge >= 0.3 is 0 Å². The summed E-state index contributed by atoms with van der Waals surface area (Å²) < 4.78 is 0. The molecule has 8 heteroatoms. The maximum atomic E-state index is 10.8. The number of benzene rings is 1. The van der Waals surface area contributed by atoms with Crippen LogP contribution in [0.1, 0.15) is 18.4 Å². The van der Waals surface area contributed by atoms with Crippen molar-refractivity contribution in [2.45, 2.75) is 25.4 Å². The second-order valence-electron chi connectivity index (χ2n) is 5.86. The van der Waals surface area contributed by atoms with Crippen molar-refractivity contribution in [3.63, 3.8) is 0 Å². The van der Waals surface area contributed by atoms with E-state index in [1.165, 1.54) is 6.07 Å². The van der Waals surface area contributed by atoms with E-state index in [2.05, 4.69) is 27.1 Å². The average molecular weight is 459 g/mol. The number of guanidine groups is 1. The Kier molecular flexibility index (Phi) is 9.43. The molecule has 7 nitrogen and oxygen atoms in total. The molecule has 2 rings (SSSR count). The zero-order valence-corrected chi connectivity index (χ0v) is 16.8. The van der Waals surface area contributed by atoms with E-state index in [1.54, 1.807) is 19.2 Å². The Bertz CT molecular complexity index is 600. The van der Waals surface area contributed by atoms with Crippen LogP contribution >= 0.6 is 24.0 Å². The van der Waals surface area contributed by atoms with Crippen LogP contribution in [0.25, 0.3) is 0 Å². The van der Waals surface area contributed by atoms with Gasteiger partial charge in [-0.15, -0.1) is 30.6 Å². The second-order valence-corrected chi connectivity index (χ2v) is 5.86. The molecule has 0 bridgehead atoms. The molecule has 1 fully saturated rings. The molecule has 1 saturated heterocycles. The summed E-state index contributed by atoms with van der Waals surface area (Å²) in [7, 11) is 1.73. The predicted molar refractivity (Wildman–Crippen MR) is 112 cm³/mol. The van der Waals surface area contributed by atoms with Crippen molar-refractivity contribution >= 4 is 35.6 Å². The first-order chi connectivity index (χ1) is 11.6. The summed E-state index contributed by atoms with van der Waals surface area (Å²) in [5, 5.41) is 17.5. The normalized spacial score (nSPS) is 16.0. The molecule has 0 aromatic heterocycles. The van der Waals surface area contributed by atoms with Crippen molar-refractivity contribution in [2.75, 3.05) is 26.7 Å². The van der Waals surface area contributed by atoms with Gasteiger partial charge in [-0.25, -0.2) is 0 Å². The van der Waals surface area contributed by atoms with E-state index < -0.39 is 0 Å². The van der Waals surface area contributed by atoms with Crippen LogP contribution in [0.4, 0.5) is 5.69 Å². The summed E-state index contributed by atoms with van der Waals surface area (Å²) in [5.41, 5.74) is 0.958. The minimum atomic E-state index is -0.381.